The van der Waals surface area contributed by atoms with Crippen molar-refractivity contribution in [1.29, 1.82) is 0 Å². The smallest absolute Gasteiger partial charge is 0.253 e. The van der Waals surface area contributed by atoms with Crippen LogP contribution in [0.2, 0.25) is 0 Å². The van der Waals surface area contributed by atoms with Gasteiger partial charge in [0.15, 0.2) is 11.0 Å². The van der Waals surface area contributed by atoms with Crippen molar-refractivity contribution in [3.63, 3.8) is 0 Å². The zero-order chi connectivity index (χ0) is 23.3. The van der Waals surface area contributed by atoms with Crippen LogP contribution in [0.1, 0.15) is 12.0 Å². The second kappa shape index (κ2) is 9.93. The number of amides is 1. The molecule has 1 aliphatic heterocycles. The van der Waals surface area contributed by atoms with Crippen LogP contribution in [0, 0.1) is 0 Å². The number of aromatic nitrogens is 3. The van der Waals surface area contributed by atoms with Crippen LogP contribution in [0.15, 0.2) is 95.2 Å². The van der Waals surface area contributed by atoms with Gasteiger partial charge in [0, 0.05) is 12.1 Å². The first-order valence-electron chi connectivity index (χ1n) is 10.9. The molecule has 170 valence electrons. The molecular formula is C26H23N5O2S. The lowest BCUT2D eigenvalue weighted by molar-refractivity contribution is -0.127. The van der Waals surface area contributed by atoms with Gasteiger partial charge in [-0.2, -0.15) is 5.10 Å². The normalized spacial score (nSPS) is 13.1. The maximum atomic E-state index is 12.9. The molecule has 0 saturated carbocycles. The first-order valence-corrected chi connectivity index (χ1v) is 11.9. The maximum absolute atomic E-state index is 12.9. The lowest BCUT2D eigenvalue weighted by Crippen LogP contribution is -2.25. The molecule has 7 nitrogen and oxygen atoms in total. The van der Waals surface area contributed by atoms with Gasteiger partial charge >= 0.3 is 0 Å². The molecule has 5 rings (SSSR count). The summed E-state index contributed by atoms with van der Waals surface area (Å²) in [5.41, 5.74) is 3.73. The van der Waals surface area contributed by atoms with Crippen molar-refractivity contribution in [3.05, 3.63) is 90.5 Å². The van der Waals surface area contributed by atoms with Gasteiger partial charge in [-0.3, -0.25) is 9.36 Å². The summed E-state index contributed by atoms with van der Waals surface area (Å²) < 4.78 is 7.51. The van der Waals surface area contributed by atoms with Crippen LogP contribution >= 0.6 is 11.8 Å². The standard InChI is InChI=1S/C26H23N5O2S/c1-33-23-15-9-8-14-21(23)25-27-28-26(31(25)20-12-6-3-7-13-20)34-18-24(32)30-17-16-22(29-30)19-10-4-2-5-11-19/h2-15H,16-18H2,1H3. The summed E-state index contributed by atoms with van der Waals surface area (Å²) in [5.74, 6) is 1.52. The van der Waals surface area contributed by atoms with E-state index in [1.807, 2.05) is 89.5 Å². The van der Waals surface area contributed by atoms with Crippen LogP contribution in [0.5, 0.6) is 5.75 Å². The van der Waals surface area contributed by atoms with E-state index in [9.17, 15) is 4.79 Å². The molecule has 1 aliphatic rings. The number of carbonyl (C=O) groups is 1. The molecule has 1 aromatic heterocycles. The molecule has 0 fully saturated rings. The zero-order valence-electron chi connectivity index (χ0n) is 18.7. The second-order valence-electron chi connectivity index (χ2n) is 7.65. The molecule has 0 unspecified atom stereocenters. The fraction of sp³-hybridized carbons (Fsp3) is 0.154. The van der Waals surface area contributed by atoms with E-state index in [-0.39, 0.29) is 11.7 Å². The first kappa shape index (κ1) is 21.9. The molecule has 0 spiro atoms. The average molecular weight is 470 g/mol. The van der Waals surface area contributed by atoms with E-state index >= 15 is 0 Å². The minimum Gasteiger partial charge on any atom is -0.496 e. The molecule has 8 heteroatoms. The third kappa shape index (κ3) is 4.45. The van der Waals surface area contributed by atoms with Crippen molar-refractivity contribution < 1.29 is 9.53 Å². The topological polar surface area (TPSA) is 72.6 Å². The van der Waals surface area contributed by atoms with Gasteiger partial charge in [-0.25, -0.2) is 5.01 Å². The highest BCUT2D eigenvalue weighted by Gasteiger charge is 2.24. The fourth-order valence-electron chi connectivity index (χ4n) is 3.85. The molecule has 0 saturated heterocycles. The minimum absolute atomic E-state index is 0.0580. The van der Waals surface area contributed by atoms with Gasteiger partial charge in [-0.1, -0.05) is 72.4 Å². The van der Waals surface area contributed by atoms with E-state index in [4.69, 9.17) is 4.74 Å². The highest BCUT2D eigenvalue weighted by atomic mass is 32.2. The molecule has 2 heterocycles. The Balaban J connectivity index is 1.40. The van der Waals surface area contributed by atoms with Gasteiger partial charge in [0.05, 0.1) is 30.7 Å². The van der Waals surface area contributed by atoms with Gasteiger partial charge in [0.1, 0.15) is 5.75 Å². The number of hydrogen-bond donors (Lipinski definition) is 0. The molecule has 0 N–H and O–H groups in total. The van der Waals surface area contributed by atoms with E-state index in [2.05, 4.69) is 15.3 Å². The first-order chi connectivity index (χ1) is 16.7. The van der Waals surface area contributed by atoms with Crippen molar-refractivity contribution >= 4 is 23.4 Å². The summed E-state index contributed by atoms with van der Waals surface area (Å²) in [7, 11) is 1.64. The highest BCUT2D eigenvalue weighted by molar-refractivity contribution is 7.99. The van der Waals surface area contributed by atoms with Gasteiger partial charge in [-0.15, -0.1) is 10.2 Å². The van der Waals surface area contributed by atoms with E-state index in [1.54, 1.807) is 12.1 Å². The number of carbonyl (C=O) groups excluding carboxylic acids is 1. The molecule has 0 aliphatic carbocycles. The summed E-state index contributed by atoms with van der Waals surface area (Å²) in [5, 5.41) is 15.6. The molecule has 34 heavy (non-hydrogen) atoms. The number of methoxy groups -OCH3 is 1. The summed E-state index contributed by atoms with van der Waals surface area (Å²) >= 11 is 1.35. The quantitative estimate of drug-likeness (QED) is 0.368. The van der Waals surface area contributed by atoms with Gasteiger partial charge in [0.25, 0.3) is 5.91 Å². The Labute approximate surface area is 202 Å². The van der Waals surface area contributed by atoms with Crippen LogP contribution in [0.25, 0.3) is 17.1 Å². The van der Waals surface area contributed by atoms with E-state index in [0.717, 1.165) is 28.9 Å². The monoisotopic (exact) mass is 469 g/mol. The van der Waals surface area contributed by atoms with E-state index < -0.39 is 0 Å². The van der Waals surface area contributed by atoms with Crippen molar-refractivity contribution in [2.45, 2.75) is 11.6 Å². The Morgan fingerprint density at radius 1 is 0.941 bits per heavy atom. The number of nitrogens with zero attached hydrogens (tertiary/aromatic N) is 5. The van der Waals surface area contributed by atoms with Crippen LogP contribution < -0.4 is 4.74 Å². The number of rotatable bonds is 7. The van der Waals surface area contributed by atoms with Gasteiger partial charge in [-0.05, 0) is 29.8 Å². The van der Waals surface area contributed by atoms with Crippen molar-refractivity contribution in [2.75, 3.05) is 19.4 Å². The molecule has 0 radical (unpaired) electrons. The van der Waals surface area contributed by atoms with Crippen molar-refractivity contribution in [2.24, 2.45) is 5.10 Å². The summed E-state index contributed by atoms with van der Waals surface area (Å²) in [6, 6.07) is 27.5. The lowest BCUT2D eigenvalue weighted by Gasteiger charge is -2.13. The number of thioether (sulfide) groups is 1. The Bertz CT molecular complexity index is 1320. The predicted molar refractivity (Wildman–Crippen MR) is 133 cm³/mol. The lowest BCUT2D eigenvalue weighted by atomic mass is 10.1. The van der Waals surface area contributed by atoms with Crippen LogP contribution in [-0.4, -0.2) is 50.8 Å². The Morgan fingerprint density at radius 2 is 1.65 bits per heavy atom. The summed E-state index contributed by atoms with van der Waals surface area (Å²) in [4.78, 5) is 12.9. The molecular weight excluding hydrogens is 446 g/mol. The van der Waals surface area contributed by atoms with Gasteiger partial charge in [0.2, 0.25) is 0 Å². The predicted octanol–water partition coefficient (Wildman–Crippen LogP) is 4.67. The Morgan fingerprint density at radius 3 is 2.41 bits per heavy atom. The van der Waals surface area contributed by atoms with Crippen LogP contribution in [0.3, 0.4) is 0 Å². The third-order valence-electron chi connectivity index (χ3n) is 5.52. The van der Waals surface area contributed by atoms with Gasteiger partial charge < -0.3 is 4.74 Å². The van der Waals surface area contributed by atoms with Crippen molar-refractivity contribution in [3.8, 4) is 22.8 Å². The number of para-hydroxylation sites is 2. The summed E-state index contributed by atoms with van der Waals surface area (Å²) in [6.07, 6.45) is 0.749. The average Bonchev–Trinajstić information content (AvgIpc) is 3.56. The minimum atomic E-state index is -0.0580. The van der Waals surface area contributed by atoms with Crippen LogP contribution in [0.4, 0.5) is 0 Å². The van der Waals surface area contributed by atoms with Crippen molar-refractivity contribution in [1.82, 2.24) is 19.8 Å². The Kier molecular flexibility index (Phi) is 6.40. The fourth-order valence-corrected chi connectivity index (χ4v) is 4.67. The maximum Gasteiger partial charge on any atom is 0.253 e. The van der Waals surface area contributed by atoms with E-state index in [0.29, 0.717) is 23.3 Å². The molecule has 0 atom stereocenters. The number of benzene rings is 3. The second-order valence-corrected chi connectivity index (χ2v) is 8.59. The molecule has 3 aromatic carbocycles. The number of ether oxygens (including phenoxy) is 1. The third-order valence-corrected chi connectivity index (χ3v) is 6.43. The Hall–Kier alpha value is -3.91. The number of hydrazone groups is 1. The number of hydrogen-bond acceptors (Lipinski definition) is 6. The summed E-state index contributed by atoms with van der Waals surface area (Å²) in [6.45, 7) is 0.585. The zero-order valence-corrected chi connectivity index (χ0v) is 19.5. The molecule has 4 aromatic rings. The SMILES string of the molecule is COc1ccccc1-c1nnc(SCC(=O)N2CCC(c3ccccc3)=N2)n1-c1ccccc1. The molecule has 0 bridgehead atoms. The highest BCUT2D eigenvalue weighted by Crippen LogP contribution is 2.33. The largest absolute Gasteiger partial charge is 0.496 e. The van der Waals surface area contributed by atoms with E-state index in [1.165, 1.54) is 11.8 Å². The van der Waals surface area contributed by atoms with Crippen LogP contribution in [-0.2, 0) is 4.79 Å². The molecule has 1 amide bonds.